The Morgan fingerprint density at radius 3 is 2.52 bits per heavy atom. The van der Waals surface area contributed by atoms with Crippen molar-refractivity contribution in [3.8, 4) is 16.5 Å². The molecule has 0 spiro atoms. The average Bonchev–Trinajstić information content (AvgIpc) is 3.27. The van der Waals surface area contributed by atoms with Crippen molar-refractivity contribution in [1.82, 2.24) is 14.9 Å². The summed E-state index contributed by atoms with van der Waals surface area (Å²) in [7, 11) is -3.72. The number of carbonyl (C=O) groups excluding carboxylic acids is 1. The lowest BCUT2D eigenvalue weighted by Gasteiger charge is -2.08. The van der Waals surface area contributed by atoms with Crippen molar-refractivity contribution in [1.29, 1.82) is 0 Å². The van der Waals surface area contributed by atoms with E-state index in [-0.39, 0.29) is 24.7 Å². The first kappa shape index (κ1) is 20.9. The molecule has 0 atom stereocenters. The molecule has 3 rings (SSSR count). The lowest BCUT2D eigenvalue weighted by Crippen LogP contribution is -2.28. The molecule has 0 saturated heterocycles. The lowest BCUT2D eigenvalue weighted by molar-refractivity contribution is 0.0526. The van der Waals surface area contributed by atoms with Crippen LogP contribution in [0.15, 0.2) is 58.8 Å². The van der Waals surface area contributed by atoms with E-state index in [0.717, 1.165) is 10.6 Å². The maximum atomic E-state index is 12.3. The molecule has 1 N–H and O–H groups in total. The molecule has 0 radical (unpaired) electrons. The van der Waals surface area contributed by atoms with E-state index in [2.05, 4.69) is 14.9 Å². The number of benzene rings is 1. The molecule has 0 bridgehead atoms. The van der Waals surface area contributed by atoms with Gasteiger partial charge >= 0.3 is 5.97 Å². The number of nitrogens with zero attached hydrogens (tertiary/aromatic N) is 2. The summed E-state index contributed by atoms with van der Waals surface area (Å²) >= 11 is 1.56. The Balaban J connectivity index is 1.50. The highest BCUT2D eigenvalue weighted by molar-refractivity contribution is 7.89. The van der Waals surface area contributed by atoms with E-state index in [1.54, 1.807) is 30.4 Å². The second-order valence-electron chi connectivity index (χ2n) is 5.73. The number of sulfonamides is 1. The fourth-order valence-corrected chi connectivity index (χ4v) is 4.06. The van der Waals surface area contributed by atoms with E-state index < -0.39 is 16.0 Å². The summed E-state index contributed by atoms with van der Waals surface area (Å²) in [5.41, 5.74) is 1.04. The molecule has 2 heterocycles. The first-order valence-electron chi connectivity index (χ1n) is 8.77. The molecule has 10 heteroatoms. The minimum atomic E-state index is -3.72. The van der Waals surface area contributed by atoms with Crippen molar-refractivity contribution in [2.45, 2.75) is 11.8 Å². The zero-order chi connectivity index (χ0) is 20.7. The minimum Gasteiger partial charge on any atom is -0.475 e. The van der Waals surface area contributed by atoms with Gasteiger partial charge in [-0.05, 0) is 48.7 Å². The highest BCUT2D eigenvalue weighted by Gasteiger charge is 2.15. The summed E-state index contributed by atoms with van der Waals surface area (Å²) in [6, 6.07) is 12.9. The number of hydrogen-bond donors (Lipinski definition) is 1. The molecular weight excluding hydrogens is 414 g/mol. The van der Waals surface area contributed by atoms with Crippen LogP contribution in [0.4, 0.5) is 0 Å². The molecule has 0 saturated carbocycles. The summed E-state index contributed by atoms with van der Waals surface area (Å²) in [5.74, 6) is -0.188. The summed E-state index contributed by atoms with van der Waals surface area (Å²) in [6.07, 6.45) is 0. The maximum absolute atomic E-state index is 12.3. The molecule has 0 amide bonds. The van der Waals surface area contributed by atoms with Gasteiger partial charge < -0.3 is 9.47 Å². The Morgan fingerprint density at radius 2 is 1.90 bits per heavy atom. The highest BCUT2D eigenvalue weighted by Crippen LogP contribution is 2.22. The molecule has 8 nitrogen and oxygen atoms in total. The standard InChI is InChI=1S/C19H19N3O5S2/c1-2-26-19(23)14-5-7-15(8-6-14)29(24,25)20-11-12-27-18-10-9-16(21-22-18)17-4-3-13-28-17/h3-10,13,20H,2,11-12H2,1H3. The minimum absolute atomic E-state index is 0.0469. The summed E-state index contributed by atoms with van der Waals surface area (Å²) < 4.78 is 37.4. The fourth-order valence-electron chi connectivity index (χ4n) is 2.35. The fraction of sp³-hybridized carbons (Fsp3) is 0.211. The van der Waals surface area contributed by atoms with Crippen molar-refractivity contribution < 1.29 is 22.7 Å². The third-order valence-corrected chi connectivity index (χ3v) is 6.10. The smallest absolute Gasteiger partial charge is 0.338 e. The quantitative estimate of drug-likeness (QED) is 0.408. The van der Waals surface area contributed by atoms with Gasteiger partial charge in [0.25, 0.3) is 0 Å². The normalized spacial score (nSPS) is 11.2. The van der Waals surface area contributed by atoms with Crippen LogP contribution >= 0.6 is 11.3 Å². The Hall–Kier alpha value is -2.82. The molecule has 29 heavy (non-hydrogen) atoms. The second kappa shape index (κ2) is 9.59. The number of aromatic nitrogens is 2. The van der Waals surface area contributed by atoms with Crippen LogP contribution in [-0.4, -0.2) is 44.3 Å². The van der Waals surface area contributed by atoms with Gasteiger partial charge in [-0.25, -0.2) is 17.9 Å². The lowest BCUT2D eigenvalue weighted by atomic mass is 10.2. The van der Waals surface area contributed by atoms with Crippen LogP contribution in [-0.2, 0) is 14.8 Å². The third kappa shape index (κ3) is 5.59. The molecule has 0 aliphatic rings. The number of ether oxygens (including phenoxy) is 2. The van der Waals surface area contributed by atoms with Crippen LogP contribution in [0.5, 0.6) is 5.88 Å². The number of nitrogens with one attached hydrogen (secondary N) is 1. The van der Waals surface area contributed by atoms with Gasteiger partial charge in [0.1, 0.15) is 12.3 Å². The molecule has 0 aliphatic heterocycles. The topological polar surface area (TPSA) is 107 Å². The number of rotatable bonds is 9. The second-order valence-corrected chi connectivity index (χ2v) is 8.44. The van der Waals surface area contributed by atoms with Gasteiger partial charge in [-0.3, -0.25) is 0 Å². The number of carbonyl (C=O) groups is 1. The van der Waals surface area contributed by atoms with Crippen molar-refractivity contribution in [2.24, 2.45) is 0 Å². The van der Waals surface area contributed by atoms with Crippen LogP contribution in [0.25, 0.3) is 10.6 Å². The van der Waals surface area contributed by atoms with Gasteiger partial charge in [-0.15, -0.1) is 21.5 Å². The van der Waals surface area contributed by atoms with Gasteiger partial charge in [-0.1, -0.05) is 6.07 Å². The Kier molecular flexibility index (Phi) is 6.91. The molecular formula is C19H19N3O5S2. The molecule has 3 aromatic rings. The first-order valence-corrected chi connectivity index (χ1v) is 11.1. The number of esters is 1. The van der Waals surface area contributed by atoms with Crippen molar-refractivity contribution >= 4 is 27.3 Å². The predicted molar refractivity (Wildman–Crippen MR) is 108 cm³/mol. The molecule has 0 unspecified atom stereocenters. The summed E-state index contributed by atoms with van der Waals surface area (Å²) in [4.78, 5) is 12.7. The number of hydrogen-bond acceptors (Lipinski definition) is 8. The van der Waals surface area contributed by atoms with Crippen LogP contribution in [0.2, 0.25) is 0 Å². The summed E-state index contributed by atoms with van der Waals surface area (Å²) in [6.45, 7) is 2.09. The van der Waals surface area contributed by atoms with E-state index in [0.29, 0.717) is 11.4 Å². The molecule has 0 fully saturated rings. The summed E-state index contributed by atoms with van der Waals surface area (Å²) in [5, 5.41) is 10.0. The van der Waals surface area contributed by atoms with Gasteiger partial charge in [0, 0.05) is 12.6 Å². The van der Waals surface area contributed by atoms with Crippen LogP contribution in [0.1, 0.15) is 17.3 Å². The van der Waals surface area contributed by atoms with Gasteiger partial charge in [0.05, 0.1) is 21.9 Å². The maximum Gasteiger partial charge on any atom is 0.338 e. The molecule has 1 aromatic carbocycles. The van der Waals surface area contributed by atoms with Crippen molar-refractivity contribution in [3.05, 3.63) is 59.5 Å². The third-order valence-electron chi connectivity index (χ3n) is 3.73. The van der Waals surface area contributed by atoms with E-state index in [4.69, 9.17) is 9.47 Å². The zero-order valence-corrected chi connectivity index (χ0v) is 17.2. The zero-order valence-electron chi connectivity index (χ0n) is 15.6. The van der Waals surface area contributed by atoms with Crippen LogP contribution in [0, 0.1) is 0 Å². The SMILES string of the molecule is CCOC(=O)c1ccc(S(=O)(=O)NCCOc2ccc(-c3cccs3)nn2)cc1. The van der Waals surface area contributed by atoms with E-state index in [1.807, 2.05) is 17.5 Å². The monoisotopic (exact) mass is 433 g/mol. The van der Waals surface area contributed by atoms with Gasteiger partial charge in [-0.2, -0.15) is 0 Å². The average molecular weight is 434 g/mol. The largest absolute Gasteiger partial charge is 0.475 e. The van der Waals surface area contributed by atoms with Gasteiger partial charge in [0.2, 0.25) is 15.9 Å². The molecule has 152 valence electrons. The molecule has 2 aromatic heterocycles. The van der Waals surface area contributed by atoms with E-state index >= 15 is 0 Å². The van der Waals surface area contributed by atoms with Crippen LogP contribution < -0.4 is 9.46 Å². The highest BCUT2D eigenvalue weighted by atomic mass is 32.2. The van der Waals surface area contributed by atoms with Gasteiger partial charge in [0.15, 0.2) is 0 Å². The molecule has 0 aliphatic carbocycles. The van der Waals surface area contributed by atoms with E-state index in [9.17, 15) is 13.2 Å². The Labute approximate surface area is 172 Å². The Bertz CT molecular complexity index is 1030. The predicted octanol–water partition coefficient (Wildman–Crippen LogP) is 2.74. The van der Waals surface area contributed by atoms with Crippen molar-refractivity contribution in [3.63, 3.8) is 0 Å². The number of thiophene rings is 1. The van der Waals surface area contributed by atoms with Crippen molar-refractivity contribution in [2.75, 3.05) is 19.8 Å². The van der Waals surface area contributed by atoms with E-state index in [1.165, 1.54) is 24.3 Å². The first-order chi connectivity index (χ1) is 14.0. The van der Waals surface area contributed by atoms with Crippen LogP contribution in [0.3, 0.4) is 0 Å². The Morgan fingerprint density at radius 1 is 1.10 bits per heavy atom.